The van der Waals surface area contributed by atoms with Crippen molar-refractivity contribution in [3.8, 4) is 0 Å². The molecule has 1 unspecified atom stereocenters. The third-order valence-electron chi connectivity index (χ3n) is 3.75. The van der Waals surface area contributed by atoms with E-state index in [1.807, 2.05) is 37.8 Å². The summed E-state index contributed by atoms with van der Waals surface area (Å²) in [5.41, 5.74) is -0.442. The van der Waals surface area contributed by atoms with Crippen molar-refractivity contribution in [2.24, 2.45) is 0 Å². The number of nitrogens with zero attached hydrogens (tertiary/aromatic N) is 1. The molecule has 2 rings (SSSR count). The van der Waals surface area contributed by atoms with Crippen molar-refractivity contribution in [3.63, 3.8) is 0 Å². The maximum absolute atomic E-state index is 12.2. The lowest BCUT2D eigenvalue weighted by Gasteiger charge is -2.28. The first-order valence-corrected chi connectivity index (χ1v) is 8.17. The second kappa shape index (κ2) is 7.18. The van der Waals surface area contributed by atoms with Gasteiger partial charge in [0.1, 0.15) is 17.1 Å². The number of hydrogen-bond donors (Lipinski definition) is 1. The van der Waals surface area contributed by atoms with Crippen molar-refractivity contribution in [1.29, 1.82) is 0 Å². The molecule has 1 amide bonds. The quantitative estimate of drug-likeness (QED) is 0.906. The molecule has 1 atom stereocenters. The Hall–Kier alpha value is -1.49. The van der Waals surface area contributed by atoms with Gasteiger partial charge in [-0.2, -0.15) is 0 Å². The van der Waals surface area contributed by atoms with Crippen LogP contribution < -0.4 is 5.32 Å². The van der Waals surface area contributed by atoms with Gasteiger partial charge in [-0.05, 0) is 45.7 Å². The number of ether oxygens (including phenoxy) is 1. The Morgan fingerprint density at radius 1 is 1.41 bits per heavy atom. The van der Waals surface area contributed by atoms with Gasteiger partial charge in [0, 0.05) is 25.6 Å². The Kier molecular flexibility index (Phi) is 5.51. The minimum absolute atomic E-state index is 0.204. The molecule has 0 aliphatic carbocycles. The topological polar surface area (TPSA) is 54.7 Å². The minimum atomic E-state index is -0.442. The van der Waals surface area contributed by atoms with Crippen molar-refractivity contribution < 1.29 is 13.9 Å². The lowest BCUT2D eigenvalue weighted by Crippen LogP contribution is -2.43. The van der Waals surface area contributed by atoms with Crippen LogP contribution in [0.5, 0.6) is 0 Å². The van der Waals surface area contributed by atoms with E-state index in [1.54, 1.807) is 0 Å². The fourth-order valence-electron chi connectivity index (χ4n) is 2.68. The predicted molar refractivity (Wildman–Crippen MR) is 85.8 cm³/mol. The summed E-state index contributed by atoms with van der Waals surface area (Å²) in [5.74, 6) is 1.95. The second-order valence-electron chi connectivity index (χ2n) is 6.82. The van der Waals surface area contributed by atoms with E-state index in [-0.39, 0.29) is 12.1 Å². The van der Waals surface area contributed by atoms with Crippen molar-refractivity contribution >= 4 is 6.09 Å². The molecular weight excluding hydrogens is 280 g/mol. The van der Waals surface area contributed by atoms with Gasteiger partial charge in [-0.1, -0.05) is 6.92 Å². The molecule has 0 saturated carbocycles. The van der Waals surface area contributed by atoms with Gasteiger partial charge in [0.05, 0.1) is 6.54 Å². The van der Waals surface area contributed by atoms with Crippen LogP contribution in [0.3, 0.4) is 0 Å². The molecule has 0 aromatic carbocycles. The highest BCUT2D eigenvalue weighted by Crippen LogP contribution is 2.20. The summed E-state index contributed by atoms with van der Waals surface area (Å²) in [6, 6.07) is 4.22. The molecule has 2 heterocycles. The van der Waals surface area contributed by atoms with Gasteiger partial charge in [0.15, 0.2) is 0 Å². The minimum Gasteiger partial charge on any atom is -0.465 e. The van der Waals surface area contributed by atoms with Crippen LogP contribution in [-0.4, -0.2) is 35.7 Å². The maximum Gasteiger partial charge on any atom is 0.410 e. The van der Waals surface area contributed by atoms with Gasteiger partial charge in [-0.3, -0.25) is 0 Å². The average molecular weight is 308 g/mol. The summed E-state index contributed by atoms with van der Waals surface area (Å²) in [7, 11) is 0. The first-order valence-electron chi connectivity index (χ1n) is 8.17. The van der Waals surface area contributed by atoms with Crippen LogP contribution in [0, 0.1) is 0 Å². The zero-order valence-corrected chi connectivity index (χ0v) is 14.1. The van der Waals surface area contributed by atoms with E-state index in [0.29, 0.717) is 6.54 Å². The molecule has 1 aliphatic heterocycles. The van der Waals surface area contributed by atoms with Gasteiger partial charge < -0.3 is 19.4 Å². The smallest absolute Gasteiger partial charge is 0.410 e. The number of amides is 1. The summed E-state index contributed by atoms with van der Waals surface area (Å²) in [4.78, 5) is 14.0. The van der Waals surface area contributed by atoms with Gasteiger partial charge in [-0.15, -0.1) is 0 Å². The highest BCUT2D eigenvalue weighted by Gasteiger charge is 2.31. The van der Waals surface area contributed by atoms with Crippen LogP contribution >= 0.6 is 0 Å². The monoisotopic (exact) mass is 308 g/mol. The van der Waals surface area contributed by atoms with E-state index in [4.69, 9.17) is 9.15 Å². The molecule has 1 fully saturated rings. The molecule has 1 aromatic heterocycles. The van der Waals surface area contributed by atoms with E-state index < -0.39 is 5.60 Å². The van der Waals surface area contributed by atoms with E-state index in [9.17, 15) is 4.79 Å². The molecular formula is C17H28N2O3. The van der Waals surface area contributed by atoms with E-state index >= 15 is 0 Å². The molecule has 0 spiro atoms. The standard InChI is InChI=1S/C17H28N2O3/c1-5-14-8-9-15(21-14)12-18-11-13-7-6-10-19(13)16(20)22-17(2,3)4/h8-9,13,18H,5-7,10-12H2,1-4H3. The zero-order chi connectivity index (χ0) is 16.2. The summed E-state index contributed by atoms with van der Waals surface area (Å²) in [6.45, 7) is 10.0. The fraction of sp³-hybridized carbons (Fsp3) is 0.706. The average Bonchev–Trinajstić information content (AvgIpc) is 3.05. The molecule has 1 aromatic rings. The van der Waals surface area contributed by atoms with Gasteiger partial charge in [-0.25, -0.2) is 4.79 Å². The first kappa shape index (κ1) is 16.9. The Balaban J connectivity index is 1.80. The van der Waals surface area contributed by atoms with Gasteiger partial charge >= 0.3 is 6.09 Å². The summed E-state index contributed by atoms with van der Waals surface area (Å²) in [5, 5.41) is 3.39. The Bertz CT molecular complexity index is 490. The molecule has 0 radical (unpaired) electrons. The largest absolute Gasteiger partial charge is 0.465 e. The highest BCUT2D eigenvalue weighted by atomic mass is 16.6. The van der Waals surface area contributed by atoms with E-state index in [0.717, 1.165) is 43.9 Å². The van der Waals surface area contributed by atoms with E-state index in [1.165, 1.54) is 0 Å². The SMILES string of the molecule is CCc1ccc(CNCC2CCCN2C(=O)OC(C)(C)C)o1. The molecule has 1 aliphatic rings. The number of likely N-dealkylation sites (tertiary alicyclic amines) is 1. The molecule has 5 heteroatoms. The van der Waals surface area contributed by atoms with Crippen LogP contribution in [-0.2, 0) is 17.7 Å². The van der Waals surface area contributed by atoms with Crippen molar-refractivity contribution in [2.75, 3.05) is 13.1 Å². The Morgan fingerprint density at radius 2 is 2.14 bits per heavy atom. The zero-order valence-electron chi connectivity index (χ0n) is 14.1. The summed E-state index contributed by atoms with van der Waals surface area (Å²) < 4.78 is 11.1. The first-order chi connectivity index (χ1) is 10.4. The third-order valence-corrected chi connectivity index (χ3v) is 3.75. The van der Waals surface area contributed by atoms with Crippen molar-refractivity contribution in [3.05, 3.63) is 23.7 Å². The lowest BCUT2D eigenvalue weighted by atomic mass is 10.2. The molecule has 1 N–H and O–H groups in total. The number of furan rings is 1. The number of nitrogens with one attached hydrogen (secondary N) is 1. The van der Waals surface area contributed by atoms with Crippen LogP contribution in [0.4, 0.5) is 4.79 Å². The Morgan fingerprint density at radius 3 is 2.77 bits per heavy atom. The maximum atomic E-state index is 12.2. The number of carbonyl (C=O) groups excluding carboxylic acids is 1. The molecule has 1 saturated heterocycles. The van der Waals surface area contributed by atoms with Crippen LogP contribution in [0.1, 0.15) is 52.1 Å². The fourth-order valence-corrected chi connectivity index (χ4v) is 2.68. The number of aryl methyl sites for hydroxylation is 1. The molecule has 0 bridgehead atoms. The third kappa shape index (κ3) is 4.77. The van der Waals surface area contributed by atoms with Gasteiger partial charge in [0.2, 0.25) is 0 Å². The van der Waals surface area contributed by atoms with E-state index in [2.05, 4.69) is 12.2 Å². The highest BCUT2D eigenvalue weighted by molar-refractivity contribution is 5.69. The summed E-state index contributed by atoms with van der Waals surface area (Å²) >= 11 is 0. The molecule has 124 valence electrons. The normalized spacial score (nSPS) is 18.7. The van der Waals surface area contributed by atoms with Gasteiger partial charge in [0.25, 0.3) is 0 Å². The second-order valence-corrected chi connectivity index (χ2v) is 6.82. The van der Waals surface area contributed by atoms with Crippen LogP contribution in [0.15, 0.2) is 16.5 Å². The van der Waals surface area contributed by atoms with Crippen LogP contribution in [0.25, 0.3) is 0 Å². The van der Waals surface area contributed by atoms with Crippen LogP contribution in [0.2, 0.25) is 0 Å². The Labute approximate surface area is 133 Å². The number of rotatable bonds is 5. The van der Waals surface area contributed by atoms with Crippen molar-refractivity contribution in [1.82, 2.24) is 10.2 Å². The number of hydrogen-bond acceptors (Lipinski definition) is 4. The van der Waals surface area contributed by atoms with Crippen molar-refractivity contribution in [2.45, 2.75) is 65.1 Å². The summed E-state index contributed by atoms with van der Waals surface area (Å²) in [6.07, 6.45) is 2.76. The molecule has 5 nitrogen and oxygen atoms in total. The lowest BCUT2D eigenvalue weighted by molar-refractivity contribution is 0.0226. The number of carbonyl (C=O) groups is 1. The predicted octanol–water partition coefficient (Wildman–Crippen LogP) is 3.33. The molecule has 22 heavy (non-hydrogen) atoms.